The number of benzene rings is 1. The molecule has 0 spiro atoms. The Balaban J connectivity index is 1.57. The van der Waals surface area contributed by atoms with E-state index in [1.54, 1.807) is 24.3 Å². The van der Waals surface area contributed by atoms with E-state index >= 15 is 0 Å². The number of amides is 2. The number of carbonyl (C=O) groups excluding carboxylic acids is 3. The van der Waals surface area contributed by atoms with Crippen LogP contribution < -0.4 is 4.90 Å². The molecule has 3 rings (SSSR count). The van der Waals surface area contributed by atoms with Crippen LogP contribution in [0.2, 0.25) is 0 Å². The van der Waals surface area contributed by atoms with Crippen molar-refractivity contribution in [3.05, 3.63) is 42.0 Å². The average molecular weight is 301 g/mol. The molecular weight excluding hydrogens is 286 g/mol. The molecule has 0 aliphatic carbocycles. The predicted octanol–water partition coefficient (Wildman–Crippen LogP) is 1.31. The number of rotatable bonds is 5. The Morgan fingerprint density at radius 3 is 2.32 bits per heavy atom. The number of esters is 1. The molecule has 2 amide bonds. The molecule has 6 heteroatoms. The second-order valence-corrected chi connectivity index (χ2v) is 5.22. The molecule has 0 atom stereocenters. The van der Waals surface area contributed by atoms with E-state index in [-0.39, 0.29) is 11.8 Å². The standard InChI is InChI=1S/C16H15NO5/c18-14-5-6-15(19)17(14)13-3-1-12(2-4-13)16(20)22-8-7-11-9-21-10-11/h1-6,11H,7-10H2. The predicted molar refractivity (Wildman–Crippen MR) is 77.3 cm³/mol. The van der Waals surface area contributed by atoms with Crippen LogP contribution in [-0.4, -0.2) is 37.6 Å². The molecule has 2 aliphatic heterocycles. The zero-order chi connectivity index (χ0) is 15.5. The summed E-state index contributed by atoms with van der Waals surface area (Å²) in [7, 11) is 0. The maximum atomic E-state index is 11.9. The Morgan fingerprint density at radius 1 is 1.14 bits per heavy atom. The van der Waals surface area contributed by atoms with Crippen molar-refractivity contribution in [3.8, 4) is 0 Å². The molecule has 0 saturated carbocycles. The third-order valence-electron chi connectivity index (χ3n) is 3.64. The second kappa shape index (κ2) is 6.11. The van der Waals surface area contributed by atoms with Crippen molar-refractivity contribution in [2.24, 2.45) is 5.92 Å². The molecule has 0 bridgehead atoms. The van der Waals surface area contributed by atoms with Gasteiger partial charge in [0.2, 0.25) is 0 Å². The van der Waals surface area contributed by atoms with Crippen LogP contribution in [0.3, 0.4) is 0 Å². The second-order valence-electron chi connectivity index (χ2n) is 5.22. The Kier molecular flexibility index (Phi) is 4.02. The van der Waals surface area contributed by atoms with Crippen molar-refractivity contribution in [2.75, 3.05) is 24.7 Å². The summed E-state index contributed by atoms with van der Waals surface area (Å²) in [5, 5.41) is 0. The highest BCUT2D eigenvalue weighted by Gasteiger charge is 2.25. The molecule has 1 saturated heterocycles. The smallest absolute Gasteiger partial charge is 0.338 e. The number of imide groups is 1. The Morgan fingerprint density at radius 2 is 1.77 bits per heavy atom. The van der Waals surface area contributed by atoms with E-state index in [4.69, 9.17) is 9.47 Å². The summed E-state index contributed by atoms with van der Waals surface area (Å²) in [6.07, 6.45) is 3.23. The minimum Gasteiger partial charge on any atom is -0.462 e. The first-order valence-electron chi connectivity index (χ1n) is 7.06. The summed E-state index contributed by atoms with van der Waals surface area (Å²) in [5.41, 5.74) is 0.823. The third-order valence-corrected chi connectivity index (χ3v) is 3.64. The van der Waals surface area contributed by atoms with Gasteiger partial charge in [0.25, 0.3) is 11.8 Å². The first kappa shape index (κ1) is 14.5. The summed E-state index contributed by atoms with van der Waals surface area (Å²) in [6, 6.07) is 6.20. The average Bonchev–Trinajstić information content (AvgIpc) is 2.81. The minimum atomic E-state index is -0.413. The van der Waals surface area contributed by atoms with Crippen molar-refractivity contribution in [3.63, 3.8) is 0 Å². The van der Waals surface area contributed by atoms with Gasteiger partial charge in [0.15, 0.2) is 0 Å². The zero-order valence-electron chi connectivity index (χ0n) is 11.9. The van der Waals surface area contributed by atoms with Crippen LogP contribution in [0.25, 0.3) is 0 Å². The van der Waals surface area contributed by atoms with Crippen LogP contribution in [0.5, 0.6) is 0 Å². The van der Waals surface area contributed by atoms with Crippen LogP contribution in [-0.2, 0) is 19.1 Å². The third kappa shape index (κ3) is 2.92. The number of ether oxygens (including phenoxy) is 2. The van der Waals surface area contributed by atoms with Crippen molar-refractivity contribution in [1.82, 2.24) is 0 Å². The molecule has 1 aromatic carbocycles. The quantitative estimate of drug-likeness (QED) is 0.605. The van der Waals surface area contributed by atoms with Gasteiger partial charge >= 0.3 is 5.97 Å². The van der Waals surface area contributed by atoms with E-state index in [9.17, 15) is 14.4 Å². The fourth-order valence-corrected chi connectivity index (χ4v) is 2.25. The van der Waals surface area contributed by atoms with E-state index in [0.29, 0.717) is 23.8 Å². The SMILES string of the molecule is O=C(OCCC1COC1)c1ccc(N2C(=O)C=CC2=O)cc1. The number of nitrogens with zero attached hydrogens (tertiary/aromatic N) is 1. The molecule has 22 heavy (non-hydrogen) atoms. The lowest BCUT2D eigenvalue weighted by atomic mass is 10.1. The number of hydrogen-bond donors (Lipinski definition) is 0. The van der Waals surface area contributed by atoms with Gasteiger partial charge in [-0.15, -0.1) is 0 Å². The van der Waals surface area contributed by atoms with Gasteiger partial charge < -0.3 is 9.47 Å². The largest absolute Gasteiger partial charge is 0.462 e. The molecule has 2 aliphatic rings. The van der Waals surface area contributed by atoms with Crippen molar-refractivity contribution in [1.29, 1.82) is 0 Å². The molecule has 0 aromatic heterocycles. The highest BCUT2D eigenvalue weighted by atomic mass is 16.5. The molecule has 2 heterocycles. The Labute approximate surface area is 127 Å². The molecule has 6 nitrogen and oxygen atoms in total. The van der Waals surface area contributed by atoms with Crippen LogP contribution in [0.1, 0.15) is 16.8 Å². The van der Waals surface area contributed by atoms with Gasteiger partial charge in [-0.25, -0.2) is 9.69 Å². The molecular formula is C16H15NO5. The van der Waals surface area contributed by atoms with Crippen molar-refractivity contribution < 1.29 is 23.9 Å². The molecule has 1 fully saturated rings. The van der Waals surface area contributed by atoms with E-state index < -0.39 is 5.97 Å². The molecule has 0 N–H and O–H groups in total. The van der Waals surface area contributed by atoms with Gasteiger partial charge in [-0.3, -0.25) is 9.59 Å². The molecule has 1 aromatic rings. The maximum absolute atomic E-state index is 11.9. The molecule has 0 unspecified atom stereocenters. The van der Waals surface area contributed by atoms with E-state index in [1.165, 1.54) is 12.2 Å². The van der Waals surface area contributed by atoms with Crippen LogP contribution in [0.4, 0.5) is 5.69 Å². The lowest BCUT2D eigenvalue weighted by Crippen LogP contribution is -2.29. The normalized spacial score (nSPS) is 17.7. The van der Waals surface area contributed by atoms with Crippen LogP contribution in [0, 0.1) is 5.92 Å². The molecule has 114 valence electrons. The lowest BCUT2D eigenvalue weighted by Gasteiger charge is -2.25. The summed E-state index contributed by atoms with van der Waals surface area (Å²) >= 11 is 0. The summed E-state index contributed by atoms with van der Waals surface area (Å²) in [6.45, 7) is 1.83. The van der Waals surface area contributed by atoms with Gasteiger partial charge in [0.1, 0.15) is 0 Å². The topological polar surface area (TPSA) is 72.9 Å². The summed E-state index contributed by atoms with van der Waals surface area (Å²) in [4.78, 5) is 36.0. The van der Waals surface area contributed by atoms with Gasteiger partial charge in [-0.1, -0.05) is 0 Å². The van der Waals surface area contributed by atoms with Gasteiger partial charge in [0, 0.05) is 18.1 Å². The number of hydrogen-bond acceptors (Lipinski definition) is 5. The highest BCUT2D eigenvalue weighted by Crippen LogP contribution is 2.20. The van der Waals surface area contributed by atoms with Crippen LogP contribution >= 0.6 is 0 Å². The maximum Gasteiger partial charge on any atom is 0.338 e. The lowest BCUT2D eigenvalue weighted by molar-refractivity contribution is -0.119. The molecule has 0 radical (unpaired) electrons. The van der Waals surface area contributed by atoms with Gasteiger partial charge in [0.05, 0.1) is 31.1 Å². The van der Waals surface area contributed by atoms with Gasteiger partial charge in [-0.05, 0) is 30.7 Å². The van der Waals surface area contributed by atoms with E-state index in [0.717, 1.165) is 24.5 Å². The minimum absolute atomic E-state index is 0.363. The van der Waals surface area contributed by atoms with Crippen LogP contribution in [0.15, 0.2) is 36.4 Å². The van der Waals surface area contributed by atoms with Crippen molar-refractivity contribution >= 4 is 23.5 Å². The van der Waals surface area contributed by atoms with Gasteiger partial charge in [-0.2, -0.15) is 0 Å². The Bertz CT molecular complexity index is 612. The fraction of sp³-hybridized carbons (Fsp3) is 0.312. The highest BCUT2D eigenvalue weighted by molar-refractivity contribution is 6.28. The fourth-order valence-electron chi connectivity index (χ4n) is 2.25. The van der Waals surface area contributed by atoms with E-state index in [1.807, 2.05) is 0 Å². The number of carbonyl (C=O) groups is 3. The zero-order valence-corrected chi connectivity index (χ0v) is 11.9. The first-order chi connectivity index (χ1) is 10.6. The summed E-state index contributed by atoms with van der Waals surface area (Å²) < 4.78 is 10.2. The monoisotopic (exact) mass is 301 g/mol. The summed E-state index contributed by atoms with van der Waals surface area (Å²) in [5.74, 6) is -0.704. The number of anilines is 1. The first-order valence-corrected chi connectivity index (χ1v) is 7.06. The Hall–Kier alpha value is -2.47. The van der Waals surface area contributed by atoms with E-state index in [2.05, 4.69) is 0 Å². The van der Waals surface area contributed by atoms with Crippen molar-refractivity contribution in [2.45, 2.75) is 6.42 Å².